The minimum atomic E-state index is -1.29. The molecule has 0 unspecified atom stereocenters. The Kier molecular flexibility index (Phi) is 31.5. The van der Waals surface area contributed by atoms with Crippen LogP contribution < -0.4 is 11.5 Å². The van der Waals surface area contributed by atoms with E-state index in [-0.39, 0.29) is 104 Å². The number of hydrogen-bond acceptors (Lipinski definition) is 8. The second-order valence-corrected chi connectivity index (χ2v) is 4.37. The standard InChI is InChI=1S/2C4H7NO4.C4H6O4.2Sr.4H/c2*5-2(4(8)9)1-3(6)7;5-3(6)1-2-4(7)8;;;;;;/h2*2H,1,5H2,(H,6,7)(H,8,9);1-2H2,(H,5,6)(H,7,8);;;;;;/t2*2-;;;;;;;/m00......./s1. The molecular formula is C12H24N2O12Sr2. The molecule has 0 aromatic rings. The predicted octanol–water partition coefficient (Wildman–Crippen LogP) is -4.15. The topological polar surface area (TPSA) is 276 Å². The van der Waals surface area contributed by atoms with Crippen molar-refractivity contribution in [1.82, 2.24) is 0 Å². The van der Waals surface area contributed by atoms with Gasteiger partial charge in [-0.15, -0.1) is 0 Å². The molecule has 0 aromatic heterocycles. The Morgan fingerprint density at radius 3 is 0.821 bits per heavy atom. The molecule has 0 aliphatic heterocycles. The summed E-state index contributed by atoms with van der Waals surface area (Å²) in [6.45, 7) is 0. The van der Waals surface area contributed by atoms with Gasteiger partial charge in [-0.2, -0.15) is 0 Å². The molecule has 0 spiro atoms. The van der Waals surface area contributed by atoms with Gasteiger partial charge in [-0.3, -0.25) is 28.8 Å². The van der Waals surface area contributed by atoms with Crippen molar-refractivity contribution in [3.05, 3.63) is 0 Å². The fourth-order valence-corrected chi connectivity index (χ4v) is 0.765. The average molecular weight is 564 g/mol. The molecule has 16 heteroatoms. The van der Waals surface area contributed by atoms with Gasteiger partial charge in [-0.05, 0) is 0 Å². The second-order valence-electron chi connectivity index (χ2n) is 4.37. The predicted molar refractivity (Wildman–Crippen MR) is 97.3 cm³/mol. The third-order valence-corrected chi connectivity index (χ3v) is 1.98. The summed E-state index contributed by atoms with van der Waals surface area (Å²) in [5.74, 6) is -7.15. The van der Waals surface area contributed by atoms with E-state index in [1.165, 1.54) is 0 Å². The van der Waals surface area contributed by atoms with Crippen LogP contribution in [0, 0.1) is 0 Å². The van der Waals surface area contributed by atoms with Crippen LogP contribution in [-0.2, 0) is 28.8 Å². The average Bonchev–Trinajstić information content (AvgIpc) is 2.44. The van der Waals surface area contributed by atoms with Crippen LogP contribution in [0.15, 0.2) is 0 Å². The van der Waals surface area contributed by atoms with Gasteiger partial charge in [0.1, 0.15) is 12.1 Å². The SMILES string of the molecule is N[C@@H](CC(=O)O)C(=O)O.N[C@@H](CC(=O)O)C(=O)O.O=C(O)CCC(=O)O.[SrH2].[SrH2]. The third kappa shape index (κ3) is 36.6. The van der Waals surface area contributed by atoms with Gasteiger partial charge in [0.25, 0.3) is 0 Å². The fourth-order valence-electron chi connectivity index (χ4n) is 0.765. The van der Waals surface area contributed by atoms with Crippen molar-refractivity contribution in [1.29, 1.82) is 0 Å². The summed E-state index contributed by atoms with van der Waals surface area (Å²) in [4.78, 5) is 58.5. The van der Waals surface area contributed by atoms with E-state index < -0.39 is 60.7 Å². The van der Waals surface area contributed by atoms with E-state index in [1.807, 2.05) is 0 Å². The van der Waals surface area contributed by atoms with E-state index in [0.717, 1.165) is 0 Å². The molecule has 0 saturated carbocycles. The van der Waals surface area contributed by atoms with Crippen LogP contribution in [0.4, 0.5) is 0 Å². The Balaban J connectivity index is -0.0000000914. The monoisotopic (exact) mass is 564 g/mol. The fraction of sp³-hybridized carbons (Fsp3) is 0.500. The maximum absolute atomic E-state index is 9.85. The third-order valence-electron chi connectivity index (χ3n) is 1.98. The summed E-state index contributed by atoms with van der Waals surface area (Å²) in [6, 6.07) is -2.58. The Morgan fingerprint density at radius 1 is 0.536 bits per heavy atom. The first-order valence-corrected chi connectivity index (χ1v) is 6.54. The van der Waals surface area contributed by atoms with E-state index in [9.17, 15) is 28.8 Å². The van der Waals surface area contributed by atoms with Crippen LogP contribution in [-0.4, -0.2) is 170 Å². The first-order chi connectivity index (χ1) is 11.7. The van der Waals surface area contributed by atoms with Gasteiger partial charge < -0.3 is 42.1 Å². The van der Waals surface area contributed by atoms with E-state index in [2.05, 4.69) is 0 Å². The number of aliphatic carboxylic acids is 6. The van der Waals surface area contributed by atoms with Crippen LogP contribution in [0.1, 0.15) is 25.7 Å². The van der Waals surface area contributed by atoms with Crippen LogP contribution in [0.3, 0.4) is 0 Å². The Bertz CT molecular complexity index is 483. The van der Waals surface area contributed by atoms with Crippen molar-refractivity contribution in [3.8, 4) is 0 Å². The van der Waals surface area contributed by atoms with E-state index in [1.54, 1.807) is 0 Å². The summed E-state index contributed by atoms with van der Waals surface area (Å²) in [5, 5.41) is 47.9. The summed E-state index contributed by atoms with van der Waals surface area (Å²) < 4.78 is 0. The molecule has 10 N–H and O–H groups in total. The molecule has 0 aromatic carbocycles. The summed E-state index contributed by atoms with van der Waals surface area (Å²) in [5.41, 5.74) is 9.67. The first-order valence-electron chi connectivity index (χ1n) is 6.54. The van der Waals surface area contributed by atoms with Crippen LogP contribution in [0.25, 0.3) is 0 Å². The summed E-state index contributed by atoms with van der Waals surface area (Å²) in [6.07, 6.45) is -1.66. The number of rotatable bonds is 9. The zero-order valence-corrected chi connectivity index (χ0v) is 13.3. The quantitative estimate of drug-likeness (QED) is 0.124. The molecule has 28 heavy (non-hydrogen) atoms. The van der Waals surface area contributed by atoms with E-state index in [4.69, 9.17) is 42.1 Å². The zero-order chi connectivity index (χ0) is 21.4. The molecule has 0 heterocycles. The number of carbonyl (C=O) groups is 6. The maximum atomic E-state index is 9.85. The molecule has 0 aliphatic rings. The zero-order valence-electron chi connectivity index (χ0n) is 13.3. The summed E-state index contributed by atoms with van der Waals surface area (Å²) >= 11 is 0. The van der Waals surface area contributed by atoms with Gasteiger partial charge in [0, 0.05) is 0 Å². The van der Waals surface area contributed by atoms with Crippen molar-refractivity contribution in [2.24, 2.45) is 11.5 Å². The Hall–Kier alpha value is -0.299. The first kappa shape index (κ1) is 38.3. The molecule has 14 nitrogen and oxygen atoms in total. The van der Waals surface area contributed by atoms with Crippen LogP contribution >= 0.6 is 0 Å². The number of carboxylic acid groups (broad SMARTS) is 6. The molecule has 158 valence electrons. The Labute approximate surface area is 232 Å². The van der Waals surface area contributed by atoms with Crippen molar-refractivity contribution in [3.63, 3.8) is 0 Å². The molecule has 0 fully saturated rings. The number of nitrogens with two attached hydrogens (primary N) is 2. The second kappa shape index (κ2) is 23.0. The Morgan fingerprint density at radius 2 is 0.750 bits per heavy atom. The van der Waals surface area contributed by atoms with Crippen molar-refractivity contribution in [2.45, 2.75) is 37.8 Å². The molecule has 0 rings (SSSR count). The van der Waals surface area contributed by atoms with Gasteiger partial charge in [0.05, 0.1) is 25.7 Å². The number of carboxylic acids is 6. The van der Waals surface area contributed by atoms with Crippen molar-refractivity contribution in [2.75, 3.05) is 0 Å². The number of hydrogen-bond donors (Lipinski definition) is 8. The van der Waals surface area contributed by atoms with Gasteiger partial charge in [0.15, 0.2) is 0 Å². The van der Waals surface area contributed by atoms with Crippen molar-refractivity contribution >= 4 is 127 Å². The normalized spacial score (nSPS) is 10.5. The summed E-state index contributed by atoms with van der Waals surface area (Å²) in [7, 11) is 0. The van der Waals surface area contributed by atoms with E-state index >= 15 is 0 Å². The van der Waals surface area contributed by atoms with Gasteiger partial charge in [-0.1, -0.05) is 0 Å². The molecule has 0 radical (unpaired) electrons. The van der Waals surface area contributed by atoms with Gasteiger partial charge in [-0.25, -0.2) is 0 Å². The van der Waals surface area contributed by atoms with E-state index in [0.29, 0.717) is 0 Å². The molecule has 0 saturated heterocycles. The van der Waals surface area contributed by atoms with Crippen LogP contribution in [0.5, 0.6) is 0 Å². The van der Waals surface area contributed by atoms with Gasteiger partial charge >= 0.3 is 127 Å². The molecule has 0 bridgehead atoms. The minimum absolute atomic E-state index is 0. The molecule has 0 amide bonds. The molecular weight excluding hydrogens is 539 g/mol. The molecule has 0 aliphatic carbocycles. The van der Waals surface area contributed by atoms with Crippen molar-refractivity contribution < 1.29 is 59.4 Å². The van der Waals surface area contributed by atoms with Gasteiger partial charge in [0.2, 0.25) is 0 Å². The van der Waals surface area contributed by atoms with Crippen LogP contribution in [0.2, 0.25) is 0 Å². The molecule has 2 atom stereocenters.